The lowest BCUT2D eigenvalue weighted by Gasteiger charge is -2.13. The lowest BCUT2D eigenvalue weighted by Crippen LogP contribution is -2.03. The number of benzene rings is 2. The smallest absolute Gasteiger partial charge is 0.0830 e. The Morgan fingerprint density at radius 2 is 1.75 bits per heavy atom. The minimum Gasteiger partial charge on any atom is -0.388 e. The molecule has 2 aromatic carbocycles. The van der Waals surface area contributed by atoms with Crippen molar-refractivity contribution in [2.24, 2.45) is 0 Å². The Morgan fingerprint density at radius 1 is 1.05 bits per heavy atom. The van der Waals surface area contributed by atoms with Crippen LogP contribution in [0.15, 0.2) is 48.5 Å². The van der Waals surface area contributed by atoms with Crippen LogP contribution in [0.5, 0.6) is 0 Å². The minimum absolute atomic E-state index is 0.451. The fourth-order valence-corrected chi connectivity index (χ4v) is 2.29. The van der Waals surface area contributed by atoms with Gasteiger partial charge in [-0.25, -0.2) is 0 Å². The van der Waals surface area contributed by atoms with Crippen molar-refractivity contribution < 1.29 is 9.84 Å². The first-order valence-electron chi connectivity index (χ1n) is 7.01. The highest BCUT2D eigenvalue weighted by atomic mass is 16.5. The summed E-state index contributed by atoms with van der Waals surface area (Å²) < 4.78 is 5.07. The molecular weight excluding hydrogens is 248 g/mol. The fraction of sp³-hybridized carbons (Fsp3) is 0.333. The second-order valence-corrected chi connectivity index (χ2v) is 5.13. The Balaban J connectivity index is 2.02. The maximum absolute atomic E-state index is 10.3. The van der Waals surface area contributed by atoms with E-state index in [2.05, 4.69) is 31.2 Å². The number of aliphatic hydroxyl groups excluding tert-OH is 1. The molecule has 106 valence electrons. The molecule has 0 aliphatic heterocycles. The van der Waals surface area contributed by atoms with Crippen molar-refractivity contribution in [3.05, 3.63) is 70.8 Å². The van der Waals surface area contributed by atoms with E-state index in [-0.39, 0.29) is 0 Å². The van der Waals surface area contributed by atoms with Gasteiger partial charge in [-0.3, -0.25) is 0 Å². The standard InChI is InChI=1S/C18H22O2/c1-14-5-3-4-6-17(14)13-18(19)16-9-7-15(8-10-16)11-12-20-2/h3-10,18-19H,11-13H2,1-2H3. The molecule has 0 spiro atoms. The van der Waals surface area contributed by atoms with Gasteiger partial charge in [0.2, 0.25) is 0 Å². The summed E-state index contributed by atoms with van der Waals surface area (Å²) in [5.74, 6) is 0. The first-order valence-corrected chi connectivity index (χ1v) is 7.01. The van der Waals surface area contributed by atoms with Crippen LogP contribution in [-0.4, -0.2) is 18.8 Å². The third kappa shape index (κ3) is 3.92. The number of aryl methyl sites for hydroxylation is 1. The molecule has 2 heteroatoms. The lowest BCUT2D eigenvalue weighted by molar-refractivity contribution is 0.178. The van der Waals surface area contributed by atoms with Gasteiger partial charge >= 0.3 is 0 Å². The van der Waals surface area contributed by atoms with Gasteiger partial charge in [-0.15, -0.1) is 0 Å². The Bertz CT molecular complexity index is 531. The van der Waals surface area contributed by atoms with Gasteiger partial charge in [0.1, 0.15) is 0 Å². The van der Waals surface area contributed by atoms with Crippen LogP contribution in [0.1, 0.15) is 28.4 Å². The van der Waals surface area contributed by atoms with Crippen LogP contribution in [0.4, 0.5) is 0 Å². The molecule has 0 saturated heterocycles. The Labute approximate surface area is 121 Å². The molecule has 2 nitrogen and oxygen atoms in total. The van der Waals surface area contributed by atoms with E-state index < -0.39 is 6.10 Å². The summed E-state index contributed by atoms with van der Waals surface area (Å²) in [6, 6.07) is 16.3. The van der Waals surface area contributed by atoms with Crippen LogP contribution in [0, 0.1) is 6.92 Å². The predicted octanol–water partition coefficient (Wildman–Crippen LogP) is 3.46. The summed E-state index contributed by atoms with van der Waals surface area (Å²) in [6.07, 6.45) is 1.11. The van der Waals surface area contributed by atoms with E-state index in [1.807, 2.05) is 24.3 Å². The summed E-state index contributed by atoms with van der Waals surface area (Å²) in [6.45, 7) is 2.81. The number of ether oxygens (including phenoxy) is 1. The molecule has 0 aliphatic rings. The molecule has 0 bridgehead atoms. The van der Waals surface area contributed by atoms with Gasteiger partial charge in [0.25, 0.3) is 0 Å². The van der Waals surface area contributed by atoms with E-state index in [0.717, 1.165) is 18.6 Å². The monoisotopic (exact) mass is 270 g/mol. The van der Waals surface area contributed by atoms with E-state index in [1.165, 1.54) is 16.7 Å². The zero-order valence-corrected chi connectivity index (χ0v) is 12.2. The summed E-state index contributed by atoms with van der Waals surface area (Å²) in [5, 5.41) is 10.3. The zero-order chi connectivity index (χ0) is 14.4. The molecule has 0 saturated carbocycles. The van der Waals surface area contributed by atoms with E-state index >= 15 is 0 Å². The Kier molecular flexibility index (Phi) is 5.33. The summed E-state index contributed by atoms with van der Waals surface area (Å²) in [7, 11) is 1.71. The van der Waals surface area contributed by atoms with Gasteiger partial charge in [-0.05, 0) is 35.6 Å². The van der Waals surface area contributed by atoms with E-state index in [9.17, 15) is 5.11 Å². The molecule has 1 N–H and O–H groups in total. The van der Waals surface area contributed by atoms with Crippen molar-refractivity contribution in [1.29, 1.82) is 0 Å². The maximum atomic E-state index is 10.3. The highest BCUT2D eigenvalue weighted by Gasteiger charge is 2.09. The third-order valence-electron chi connectivity index (χ3n) is 3.63. The van der Waals surface area contributed by atoms with Crippen LogP contribution in [0.2, 0.25) is 0 Å². The first kappa shape index (κ1) is 14.8. The quantitative estimate of drug-likeness (QED) is 0.871. The number of rotatable bonds is 6. The Hall–Kier alpha value is -1.64. The first-order chi connectivity index (χ1) is 9.70. The minimum atomic E-state index is -0.451. The Morgan fingerprint density at radius 3 is 2.40 bits per heavy atom. The highest BCUT2D eigenvalue weighted by molar-refractivity contribution is 5.29. The van der Waals surface area contributed by atoms with E-state index in [0.29, 0.717) is 6.42 Å². The zero-order valence-electron chi connectivity index (χ0n) is 12.2. The van der Waals surface area contributed by atoms with Crippen molar-refractivity contribution >= 4 is 0 Å². The van der Waals surface area contributed by atoms with Gasteiger partial charge in [0, 0.05) is 13.5 Å². The predicted molar refractivity (Wildman–Crippen MR) is 81.9 cm³/mol. The van der Waals surface area contributed by atoms with Crippen LogP contribution < -0.4 is 0 Å². The number of methoxy groups -OCH3 is 1. The molecule has 0 radical (unpaired) electrons. The SMILES string of the molecule is COCCc1ccc(C(O)Cc2ccccc2C)cc1. The van der Waals surface area contributed by atoms with Crippen LogP contribution in [0.25, 0.3) is 0 Å². The van der Waals surface area contributed by atoms with Crippen molar-refractivity contribution in [3.8, 4) is 0 Å². The average molecular weight is 270 g/mol. The highest BCUT2D eigenvalue weighted by Crippen LogP contribution is 2.20. The molecule has 0 heterocycles. The van der Waals surface area contributed by atoms with Crippen LogP contribution >= 0.6 is 0 Å². The van der Waals surface area contributed by atoms with Gasteiger partial charge in [0.05, 0.1) is 12.7 Å². The lowest BCUT2D eigenvalue weighted by atomic mass is 9.97. The normalized spacial score (nSPS) is 12.3. The van der Waals surface area contributed by atoms with Crippen LogP contribution in [0.3, 0.4) is 0 Å². The van der Waals surface area contributed by atoms with Crippen molar-refractivity contribution in [2.45, 2.75) is 25.9 Å². The van der Waals surface area contributed by atoms with Crippen molar-refractivity contribution in [1.82, 2.24) is 0 Å². The molecule has 2 rings (SSSR count). The molecule has 1 unspecified atom stereocenters. The number of hydrogen-bond acceptors (Lipinski definition) is 2. The average Bonchev–Trinajstić information content (AvgIpc) is 2.48. The molecule has 0 aromatic heterocycles. The van der Waals surface area contributed by atoms with E-state index in [4.69, 9.17) is 4.74 Å². The van der Waals surface area contributed by atoms with Crippen molar-refractivity contribution in [2.75, 3.05) is 13.7 Å². The molecule has 0 fully saturated rings. The topological polar surface area (TPSA) is 29.5 Å². The second-order valence-electron chi connectivity index (χ2n) is 5.13. The number of aliphatic hydroxyl groups is 1. The summed E-state index contributed by atoms with van der Waals surface area (Å²) in [5.41, 5.74) is 4.62. The summed E-state index contributed by atoms with van der Waals surface area (Å²) >= 11 is 0. The third-order valence-corrected chi connectivity index (χ3v) is 3.63. The van der Waals surface area contributed by atoms with Crippen molar-refractivity contribution in [3.63, 3.8) is 0 Å². The van der Waals surface area contributed by atoms with Gasteiger partial charge < -0.3 is 9.84 Å². The molecule has 0 amide bonds. The molecule has 2 aromatic rings. The summed E-state index contributed by atoms with van der Waals surface area (Å²) in [4.78, 5) is 0. The molecule has 20 heavy (non-hydrogen) atoms. The molecule has 0 aliphatic carbocycles. The van der Waals surface area contributed by atoms with E-state index in [1.54, 1.807) is 7.11 Å². The maximum Gasteiger partial charge on any atom is 0.0830 e. The largest absolute Gasteiger partial charge is 0.388 e. The second kappa shape index (κ2) is 7.22. The molecule has 1 atom stereocenters. The molecular formula is C18H22O2. The number of hydrogen-bond donors (Lipinski definition) is 1. The van der Waals surface area contributed by atoms with Gasteiger partial charge in [-0.1, -0.05) is 48.5 Å². The van der Waals surface area contributed by atoms with Gasteiger partial charge in [0.15, 0.2) is 0 Å². The van der Waals surface area contributed by atoms with Crippen LogP contribution in [-0.2, 0) is 17.6 Å². The van der Waals surface area contributed by atoms with Gasteiger partial charge in [-0.2, -0.15) is 0 Å². The fourth-order valence-electron chi connectivity index (χ4n) is 2.29.